The quantitative estimate of drug-likeness (QED) is 0.409. The highest BCUT2D eigenvalue weighted by Crippen LogP contribution is 2.30. The number of nitrogens with one attached hydrogen (secondary N) is 1. The molecular formula is C29H31FN6O4. The standard InChI is InChI=1S/C29H31FN6O4/c1-17(2)36-25-13-22(30)24(12-21(25)27(38)34(29(36)40)14-18-9-10-18)32-28(39)33-11-5-6-19(15-33)35-16-31-23-8-4-3-7-20(23)26(35)37/h3-4,7-8,12-13,16-19H,5-6,9-11,14-15H2,1-2H3,(H,32,39)/t19-/m1/s1. The van der Waals surface area contributed by atoms with Gasteiger partial charge >= 0.3 is 11.7 Å². The fourth-order valence-electron chi connectivity index (χ4n) is 5.62. The molecule has 11 heteroatoms. The van der Waals surface area contributed by atoms with Gasteiger partial charge in [0.2, 0.25) is 0 Å². The predicted octanol–water partition coefficient (Wildman–Crippen LogP) is 3.87. The van der Waals surface area contributed by atoms with E-state index in [2.05, 4.69) is 10.3 Å². The van der Waals surface area contributed by atoms with Crippen LogP contribution >= 0.6 is 0 Å². The van der Waals surface area contributed by atoms with Crippen LogP contribution < -0.4 is 22.1 Å². The van der Waals surface area contributed by atoms with Crippen LogP contribution in [0.1, 0.15) is 51.6 Å². The number of anilines is 1. The molecule has 1 aliphatic carbocycles. The first kappa shape index (κ1) is 26.0. The Labute approximate surface area is 228 Å². The molecule has 1 saturated heterocycles. The van der Waals surface area contributed by atoms with E-state index >= 15 is 4.39 Å². The Morgan fingerprint density at radius 1 is 1.07 bits per heavy atom. The zero-order valence-corrected chi connectivity index (χ0v) is 22.5. The van der Waals surface area contributed by atoms with Crippen molar-refractivity contribution in [1.29, 1.82) is 0 Å². The molecule has 6 rings (SSSR count). The molecule has 0 spiro atoms. The Kier molecular flexibility index (Phi) is 6.52. The predicted molar refractivity (Wildman–Crippen MR) is 150 cm³/mol. The van der Waals surface area contributed by atoms with E-state index in [0.717, 1.165) is 18.9 Å². The van der Waals surface area contributed by atoms with Crippen LogP contribution in [0.4, 0.5) is 14.9 Å². The molecule has 1 aliphatic heterocycles. The van der Waals surface area contributed by atoms with E-state index in [-0.39, 0.29) is 40.8 Å². The van der Waals surface area contributed by atoms with Gasteiger partial charge in [-0.05, 0) is 63.6 Å². The number of urea groups is 1. The fraction of sp³-hybridized carbons (Fsp3) is 0.414. The Morgan fingerprint density at radius 2 is 1.85 bits per heavy atom. The third kappa shape index (κ3) is 4.59. The van der Waals surface area contributed by atoms with Crippen molar-refractivity contribution in [3.63, 3.8) is 0 Å². The second-order valence-electron chi connectivity index (χ2n) is 11.1. The Morgan fingerprint density at radius 3 is 2.60 bits per heavy atom. The molecule has 0 unspecified atom stereocenters. The first-order valence-corrected chi connectivity index (χ1v) is 13.7. The van der Waals surface area contributed by atoms with E-state index < -0.39 is 23.1 Å². The molecule has 2 aromatic heterocycles. The summed E-state index contributed by atoms with van der Waals surface area (Å²) < 4.78 is 19.5. The lowest BCUT2D eigenvalue weighted by Gasteiger charge is -2.33. The third-order valence-electron chi connectivity index (χ3n) is 7.92. The van der Waals surface area contributed by atoms with Gasteiger partial charge in [-0.1, -0.05) is 12.1 Å². The maximum atomic E-state index is 15.3. The first-order chi connectivity index (χ1) is 19.2. The van der Waals surface area contributed by atoms with Crippen molar-refractivity contribution in [2.75, 3.05) is 18.4 Å². The zero-order valence-electron chi connectivity index (χ0n) is 22.5. The molecule has 2 fully saturated rings. The van der Waals surface area contributed by atoms with Gasteiger partial charge in [0.25, 0.3) is 11.1 Å². The number of hydrogen-bond acceptors (Lipinski definition) is 5. The molecule has 1 saturated carbocycles. The van der Waals surface area contributed by atoms with E-state index in [1.165, 1.54) is 21.5 Å². The summed E-state index contributed by atoms with van der Waals surface area (Å²) in [6.45, 7) is 4.64. The maximum Gasteiger partial charge on any atom is 0.331 e. The minimum Gasteiger partial charge on any atom is -0.322 e. The van der Waals surface area contributed by atoms with Gasteiger partial charge in [-0.2, -0.15) is 0 Å². The zero-order chi connectivity index (χ0) is 28.1. The average molecular weight is 547 g/mol. The third-order valence-corrected chi connectivity index (χ3v) is 7.92. The number of benzene rings is 2. The summed E-state index contributed by atoms with van der Waals surface area (Å²) in [5.74, 6) is -0.446. The highest BCUT2D eigenvalue weighted by molar-refractivity contribution is 5.93. The number of para-hydroxylation sites is 1. The highest BCUT2D eigenvalue weighted by Gasteiger charge is 2.28. The van der Waals surface area contributed by atoms with Gasteiger partial charge in [0, 0.05) is 31.7 Å². The lowest BCUT2D eigenvalue weighted by Crippen LogP contribution is -2.45. The molecule has 2 aromatic carbocycles. The lowest BCUT2D eigenvalue weighted by molar-refractivity contribution is 0.177. The van der Waals surface area contributed by atoms with Crippen LogP contribution in [-0.4, -0.2) is 42.7 Å². The van der Waals surface area contributed by atoms with Gasteiger partial charge in [-0.3, -0.25) is 23.3 Å². The number of nitrogens with zero attached hydrogens (tertiary/aromatic N) is 5. The molecule has 0 radical (unpaired) electrons. The number of hydrogen-bond donors (Lipinski definition) is 1. The average Bonchev–Trinajstić information content (AvgIpc) is 3.76. The summed E-state index contributed by atoms with van der Waals surface area (Å²) in [6, 6.07) is 8.49. The van der Waals surface area contributed by atoms with Gasteiger partial charge in [0.1, 0.15) is 5.82 Å². The Hall–Kier alpha value is -4.28. The molecule has 1 N–H and O–H groups in total. The summed E-state index contributed by atoms with van der Waals surface area (Å²) in [5, 5.41) is 3.31. The molecule has 2 amide bonds. The van der Waals surface area contributed by atoms with Gasteiger partial charge in [0.15, 0.2) is 0 Å². The van der Waals surface area contributed by atoms with Crippen molar-refractivity contribution < 1.29 is 9.18 Å². The number of carbonyl (C=O) groups excluding carboxylic acids is 1. The number of piperidine rings is 1. The van der Waals surface area contributed by atoms with E-state index in [9.17, 15) is 19.2 Å². The summed E-state index contributed by atoms with van der Waals surface area (Å²) in [7, 11) is 0. The smallest absolute Gasteiger partial charge is 0.322 e. The van der Waals surface area contributed by atoms with Gasteiger partial charge in [0.05, 0.1) is 39.9 Å². The van der Waals surface area contributed by atoms with Crippen molar-refractivity contribution in [2.24, 2.45) is 5.92 Å². The van der Waals surface area contributed by atoms with E-state index in [4.69, 9.17) is 0 Å². The van der Waals surface area contributed by atoms with Crippen LogP contribution in [0.5, 0.6) is 0 Å². The van der Waals surface area contributed by atoms with Gasteiger partial charge in [-0.25, -0.2) is 19.0 Å². The summed E-state index contributed by atoms with van der Waals surface area (Å²) in [4.78, 5) is 58.8. The monoisotopic (exact) mass is 546 g/mol. The van der Waals surface area contributed by atoms with Crippen LogP contribution in [0.2, 0.25) is 0 Å². The first-order valence-electron chi connectivity index (χ1n) is 13.7. The minimum absolute atomic E-state index is 0.131. The van der Waals surface area contributed by atoms with Crippen molar-refractivity contribution >= 4 is 33.5 Å². The topological polar surface area (TPSA) is 111 Å². The van der Waals surface area contributed by atoms with E-state index in [0.29, 0.717) is 42.8 Å². The number of likely N-dealkylation sites (tertiary alicyclic amines) is 1. The second-order valence-corrected chi connectivity index (χ2v) is 11.1. The molecule has 1 atom stereocenters. The van der Waals surface area contributed by atoms with Crippen LogP contribution in [0.15, 0.2) is 57.1 Å². The number of rotatable bonds is 5. The van der Waals surface area contributed by atoms with E-state index in [1.807, 2.05) is 19.9 Å². The molecule has 208 valence electrons. The molecular weight excluding hydrogens is 515 g/mol. The molecule has 3 heterocycles. The minimum atomic E-state index is -0.738. The van der Waals surface area contributed by atoms with Crippen LogP contribution in [0.25, 0.3) is 21.8 Å². The summed E-state index contributed by atoms with van der Waals surface area (Å²) >= 11 is 0. The van der Waals surface area contributed by atoms with Crippen molar-refractivity contribution in [3.05, 3.63) is 79.7 Å². The molecule has 0 bridgehead atoms. The Bertz CT molecular complexity index is 1820. The second kappa shape index (κ2) is 10.0. The molecule has 2 aliphatic rings. The fourth-order valence-corrected chi connectivity index (χ4v) is 5.62. The maximum absolute atomic E-state index is 15.3. The molecule has 10 nitrogen and oxygen atoms in total. The largest absolute Gasteiger partial charge is 0.331 e. The van der Waals surface area contributed by atoms with Gasteiger partial charge < -0.3 is 10.2 Å². The number of carbonyl (C=O) groups is 1. The molecule has 4 aromatic rings. The lowest BCUT2D eigenvalue weighted by atomic mass is 10.1. The van der Waals surface area contributed by atoms with Crippen molar-refractivity contribution in [1.82, 2.24) is 23.6 Å². The number of fused-ring (bicyclic) bond motifs is 2. The van der Waals surface area contributed by atoms with Gasteiger partial charge in [-0.15, -0.1) is 0 Å². The molecule has 40 heavy (non-hydrogen) atoms. The highest BCUT2D eigenvalue weighted by atomic mass is 19.1. The van der Waals surface area contributed by atoms with Crippen molar-refractivity contribution in [3.8, 4) is 0 Å². The summed E-state index contributed by atoms with van der Waals surface area (Å²) in [6.07, 6.45) is 4.80. The number of halogens is 1. The van der Waals surface area contributed by atoms with Crippen molar-refractivity contribution in [2.45, 2.75) is 58.2 Å². The summed E-state index contributed by atoms with van der Waals surface area (Å²) in [5.41, 5.74) is -0.423. The van der Waals surface area contributed by atoms with Crippen LogP contribution in [0, 0.1) is 11.7 Å². The van der Waals surface area contributed by atoms with E-state index in [1.54, 1.807) is 27.7 Å². The van der Waals surface area contributed by atoms with Crippen LogP contribution in [-0.2, 0) is 6.54 Å². The SMILES string of the molecule is CC(C)n1c(=O)n(CC2CC2)c(=O)c2cc(NC(=O)N3CCC[C@@H](n4cnc5ccccc5c4=O)C3)c(F)cc21. The number of amides is 2. The normalized spacial score (nSPS) is 17.6. The Balaban J connectivity index is 1.30. The van der Waals surface area contributed by atoms with Crippen LogP contribution in [0.3, 0.4) is 0 Å². The number of aromatic nitrogens is 4.